The Balaban J connectivity index is 1.46. The zero-order valence-electron chi connectivity index (χ0n) is 18.2. The molecule has 4 heteroatoms. The lowest BCUT2D eigenvalue weighted by Gasteiger charge is -2.61. The van der Waals surface area contributed by atoms with Gasteiger partial charge in [0.1, 0.15) is 0 Å². The van der Waals surface area contributed by atoms with Crippen LogP contribution in [-0.2, 0) is 4.74 Å². The number of fused-ring (bicyclic) bond motifs is 7. The Labute approximate surface area is 176 Å². The van der Waals surface area contributed by atoms with Crippen LogP contribution in [0.4, 0.5) is 0 Å². The Bertz CT molecular complexity index is 653. The molecule has 4 fully saturated rings. The minimum atomic E-state index is -0.350. The number of thioether (sulfide) groups is 1. The van der Waals surface area contributed by atoms with Gasteiger partial charge >= 0.3 is 0 Å². The van der Waals surface area contributed by atoms with E-state index in [0.717, 1.165) is 41.9 Å². The zero-order chi connectivity index (χ0) is 19.6. The molecule has 5 rings (SSSR count). The molecule has 0 saturated heterocycles. The standard InChI is InChI=1S/C24H40N2OS/c1-4-5-14-27-24-20(28-21(25)26-24)15-19-17-10-9-16-8-6-7-12-22(16,2)18(17)11-13-23(19,24)3/h16-20H,4-15H2,1-3H3,(H2,25,26)/t16-,17+,18-,19+,20+,22-,23-,24+/m0/s1. The van der Waals surface area contributed by atoms with Crippen molar-refractivity contribution in [3.8, 4) is 0 Å². The van der Waals surface area contributed by atoms with E-state index in [1.165, 1.54) is 64.2 Å². The van der Waals surface area contributed by atoms with Gasteiger partial charge in [-0.1, -0.05) is 51.8 Å². The molecule has 0 radical (unpaired) electrons. The van der Waals surface area contributed by atoms with E-state index >= 15 is 0 Å². The molecule has 2 N–H and O–H groups in total. The van der Waals surface area contributed by atoms with E-state index in [2.05, 4.69) is 20.8 Å². The third-order valence-electron chi connectivity index (χ3n) is 10.1. The number of hydrogen-bond donors (Lipinski definition) is 1. The molecule has 3 nitrogen and oxygen atoms in total. The third kappa shape index (κ3) is 2.55. The van der Waals surface area contributed by atoms with E-state index in [1.807, 2.05) is 11.8 Å². The second-order valence-corrected chi connectivity index (χ2v) is 12.3. The van der Waals surface area contributed by atoms with Gasteiger partial charge in [-0.25, -0.2) is 4.99 Å². The molecular formula is C24H40N2OS. The van der Waals surface area contributed by atoms with Gasteiger partial charge in [0.25, 0.3) is 0 Å². The number of rotatable bonds is 4. The minimum absolute atomic E-state index is 0.165. The number of aliphatic imine (C=N–C) groups is 1. The van der Waals surface area contributed by atoms with Crippen LogP contribution in [0.3, 0.4) is 0 Å². The van der Waals surface area contributed by atoms with E-state index in [9.17, 15) is 0 Å². The fraction of sp³-hybridized carbons (Fsp3) is 0.958. The van der Waals surface area contributed by atoms with Gasteiger partial charge in [-0.15, -0.1) is 0 Å². The van der Waals surface area contributed by atoms with Gasteiger partial charge in [0.2, 0.25) is 0 Å². The average molecular weight is 405 g/mol. The van der Waals surface area contributed by atoms with Crippen molar-refractivity contribution in [1.29, 1.82) is 0 Å². The summed E-state index contributed by atoms with van der Waals surface area (Å²) in [5, 5.41) is 1.21. The molecule has 28 heavy (non-hydrogen) atoms. The molecule has 0 bridgehead atoms. The molecule has 0 aromatic rings. The van der Waals surface area contributed by atoms with Crippen molar-refractivity contribution in [2.75, 3.05) is 6.61 Å². The van der Waals surface area contributed by atoms with Crippen molar-refractivity contribution in [3.63, 3.8) is 0 Å². The lowest BCUT2D eigenvalue weighted by atomic mass is 9.45. The number of unbranched alkanes of at least 4 members (excludes halogenated alkanes) is 1. The summed E-state index contributed by atoms with van der Waals surface area (Å²) in [6.45, 7) is 8.27. The van der Waals surface area contributed by atoms with Gasteiger partial charge in [-0.2, -0.15) is 0 Å². The molecule has 0 amide bonds. The second kappa shape index (κ2) is 6.90. The molecular weight excluding hydrogens is 364 g/mol. The average Bonchev–Trinajstić information content (AvgIpc) is 3.11. The maximum atomic E-state index is 6.72. The first-order valence-electron chi connectivity index (χ1n) is 12.1. The minimum Gasteiger partial charge on any atom is -0.378 e. The Hall–Kier alpha value is -0.220. The quantitative estimate of drug-likeness (QED) is 0.587. The number of nitrogens with zero attached hydrogens (tertiary/aromatic N) is 1. The highest BCUT2D eigenvalue weighted by Gasteiger charge is 2.71. The van der Waals surface area contributed by atoms with Crippen LogP contribution < -0.4 is 5.73 Å². The molecule has 0 unspecified atom stereocenters. The van der Waals surface area contributed by atoms with Gasteiger partial charge in [0.15, 0.2) is 10.9 Å². The highest BCUT2D eigenvalue weighted by molar-refractivity contribution is 8.14. The van der Waals surface area contributed by atoms with Gasteiger partial charge in [0, 0.05) is 12.0 Å². The number of nitrogens with two attached hydrogens (primary N) is 1. The predicted octanol–water partition coefficient (Wildman–Crippen LogP) is 5.97. The topological polar surface area (TPSA) is 47.6 Å². The fourth-order valence-electron chi connectivity index (χ4n) is 8.58. The van der Waals surface area contributed by atoms with Crippen LogP contribution in [0.25, 0.3) is 0 Å². The lowest BCUT2D eigenvalue weighted by Crippen LogP contribution is -2.57. The first-order chi connectivity index (χ1) is 13.4. The largest absolute Gasteiger partial charge is 0.378 e. The van der Waals surface area contributed by atoms with E-state index in [1.54, 1.807) is 0 Å². The SMILES string of the molecule is CCCCO[C@]12N=C(N)S[C@@H]1C[C@@H]1[C@@H]3CC[C@@H]4CCCC[C@]4(C)[C@H]3CC[C@@]12C. The first-order valence-corrected chi connectivity index (χ1v) is 13.0. The van der Waals surface area contributed by atoms with Crippen LogP contribution in [-0.4, -0.2) is 22.7 Å². The highest BCUT2D eigenvalue weighted by atomic mass is 32.2. The summed E-state index contributed by atoms with van der Waals surface area (Å²) >= 11 is 1.82. The third-order valence-corrected chi connectivity index (χ3v) is 11.2. The molecule has 5 aliphatic rings. The fourth-order valence-corrected chi connectivity index (χ4v) is 9.91. The number of amidine groups is 1. The van der Waals surface area contributed by atoms with E-state index in [4.69, 9.17) is 15.5 Å². The summed E-state index contributed by atoms with van der Waals surface area (Å²) in [5.41, 5.74) is 6.69. The van der Waals surface area contributed by atoms with Crippen molar-refractivity contribution in [3.05, 3.63) is 0 Å². The van der Waals surface area contributed by atoms with Crippen molar-refractivity contribution >= 4 is 16.9 Å². The molecule has 4 saturated carbocycles. The Morgan fingerprint density at radius 1 is 1.11 bits per heavy atom. The van der Waals surface area contributed by atoms with Gasteiger partial charge < -0.3 is 10.5 Å². The zero-order valence-corrected chi connectivity index (χ0v) is 19.0. The van der Waals surface area contributed by atoms with Crippen LogP contribution in [0.1, 0.15) is 91.4 Å². The molecule has 0 aromatic carbocycles. The highest BCUT2D eigenvalue weighted by Crippen LogP contribution is 2.71. The molecule has 158 valence electrons. The molecule has 8 atom stereocenters. The van der Waals surface area contributed by atoms with E-state index < -0.39 is 0 Å². The summed E-state index contributed by atoms with van der Waals surface area (Å²) in [4.78, 5) is 5.08. The number of hydrogen-bond acceptors (Lipinski definition) is 4. The maximum Gasteiger partial charge on any atom is 0.179 e. The van der Waals surface area contributed by atoms with Crippen LogP contribution in [0.15, 0.2) is 4.99 Å². The maximum absolute atomic E-state index is 6.72. The summed E-state index contributed by atoms with van der Waals surface area (Å²) in [6, 6.07) is 0. The normalized spacial score (nSPS) is 52.4. The summed E-state index contributed by atoms with van der Waals surface area (Å²) in [5.74, 6) is 3.57. The van der Waals surface area contributed by atoms with Gasteiger partial charge in [-0.3, -0.25) is 0 Å². The van der Waals surface area contributed by atoms with Crippen molar-refractivity contribution in [2.45, 2.75) is 102 Å². The summed E-state index contributed by atoms with van der Waals surface area (Å²) in [6.07, 6.45) is 15.1. The lowest BCUT2D eigenvalue weighted by molar-refractivity contribution is -0.168. The molecule has 1 aliphatic heterocycles. The summed E-state index contributed by atoms with van der Waals surface area (Å²) < 4.78 is 6.72. The van der Waals surface area contributed by atoms with Crippen molar-refractivity contribution in [2.24, 2.45) is 45.2 Å². The van der Waals surface area contributed by atoms with Crippen molar-refractivity contribution in [1.82, 2.24) is 0 Å². The molecule has 1 heterocycles. The Morgan fingerprint density at radius 3 is 2.79 bits per heavy atom. The van der Waals surface area contributed by atoms with E-state index in [-0.39, 0.29) is 11.1 Å². The van der Waals surface area contributed by atoms with E-state index in [0.29, 0.717) is 10.7 Å². The van der Waals surface area contributed by atoms with Crippen LogP contribution in [0, 0.1) is 34.5 Å². The molecule has 4 aliphatic carbocycles. The monoisotopic (exact) mass is 404 g/mol. The summed E-state index contributed by atoms with van der Waals surface area (Å²) in [7, 11) is 0. The second-order valence-electron chi connectivity index (χ2n) is 11.0. The van der Waals surface area contributed by atoms with Crippen LogP contribution in [0.5, 0.6) is 0 Å². The van der Waals surface area contributed by atoms with Crippen LogP contribution in [0.2, 0.25) is 0 Å². The Morgan fingerprint density at radius 2 is 1.96 bits per heavy atom. The Kier molecular flexibility index (Phi) is 4.86. The molecule has 0 spiro atoms. The van der Waals surface area contributed by atoms with Gasteiger partial charge in [-0.05, 0) is 80.5 Å². The smallest absolute Gasteiger partial charge is 0.179 e. The van der Waals surface area contributed by atoms with Gasteiger partial charge in [0.05, 0.1) is 5.25 Å². The number of ether oxygens (including phenoxy) is 1. The first kappa shape index (κ1) is 19.7. The van der Waals surface area contributed by atoms with Crippen molar-refractivity contribution < 1.29 is 4.74 Å². The molecule has 0 aromatic heterocycles. The predicted molar refractivity (Wildman–Crippen MR) is 118 cm³/mol. The van der Waals surface area contributed by atoms with Crippen LogP contribution >= 0.6 is 11.8 Å².